The van der Waals surface area contributed by atoms with E-state index < -0.39 is 0 Å². The predicted octanol–water partition coefficient (Wildman–Crippen LogP) is 16.0. The summed E-state index contributed by atoms with van der Waals surface area (Å²) in [6, 6.07) is 76.9. The molecule has 1 heterocycles. The molecule has 9 aromatic carbocycles. The minimum absolute atomic E-state index is 0.228. The molecule has 0 radical (unpaired) electrons. The average Bonchev–Trinajstić information content (AvgIpc) is 3.78. The molecule has 0 bridgehead atoms. The summed E-state index contributed by atoms with van der Waals surface area (Å²) in [6.07, 6.45) is 0. The Bertz CT molecular complexity index is 3180. The lowest BCUT2D eigenvalue weighted by molar-refractivity contribution is 0.660. The van der Waals surface area contributed by atoms with Crippen molar-refractivity contribution < 1.29 is 4.42 Å². The molecule has 2 nitrogen and oxygen atoms in total. The van der Waals surface area contributed by atoms with Crippen molar-refractivity contribution in [3.8, 4) is 55.6 Å². The van der Waals surface area contributed by atoms with E-state index in [4.69, 9.17) is 4.42 Å². The van der Waals surface area contributed by atoms with Crippen molar-refractivity contribution in [2.24, 2.45) is 0 Å². The van der Waals surface area contributed by atoms with Gasteiger partial charge in [-0.2, -0.15) is 0 Å². The maximum Gasteiger partial charge on any atom is 0.137 e. The molecule has 0 saturated carbocycles. The van der Waals surface area contributed by atoms with Crippen molar-refractivity contribution in [3.63, 3.8) is 0 Å². The fraction of sp³-hybridized carbons (Fsp3) is 0.0526. The summed E-state index contributed by atoms with van der Waals surface area (Å²) in [5.41, 5.74) is 19.5. The molecular weight excluding hydrogens is 715 g/mol. The Morgan fingerprint density at radius 2 is 0.898 bits per heavy atom. The van der Waals surface area contributed by atoms with Gasteiger partial charge in [0.2, 0.25) is 0 Å². The summed E-state index contributed by atoms with van der Waals surface area (Å²) >= 11 is 0. The van der Waals surface area contributed by atoms with Crippen LogP contribution in [0.2, 0.25) is 0 Å². The molecule has 2 heteroatoms. The van der Waals surface area contributed by atoms with Crippen LogP contribution in [0.1, 0.15) is 25.0 Å². The first-order valence-electron chi connectivity index (χ1n) is 20.4. The second-order valence-corrected chi connectivity index (χ2v) is 16.1. The maximum absolute atomic E-state index is 6.57. The molecule has 0 amide bonds. The Morgan fingerprint density at radius 1 is 0.356 bits per heavy atom. The lowest BCUT2D eigenvalue weighted by Crippen LogP contribution is -2.17. The van der Waals surface area contributed by atoms with Gasteiger partial charge in [-0.05, 0) is 104 Å². The van der Waals surface area contributed by atoms with Crippen LogP contribution in [0.25, 0.3) is 77.6 Å². The molecular formula is C57H41NO. The molecule has 0 fully saturated rings. The van der Waals surface area contributed by atoms with Gasteiger partial charge in [-0.25, -0.2) is 0 Å². The summed E-state index contributed by atoms with van der Waals surface area (Å²) in [6.45, 7) is 4.75. The van der Waals surface area contributed by atoms with Gasteiger partial charge in [-0.3, -0.25) is 0 Å². The van der Waals surface area contributed by atoms with Gasteiger partial charge in [0.05, 0.1) is 5.69 Å². The largest absolute Gasteiger partial charge is 0.456 e. The smallest absolute Gasteiger partial charge is 0.137 e. The van der Waals surface area contributed by atoms with Gasteiger partial charge in [-0.15, -0.1) is 0 Å². The Hall–Kier alpha value is -7.42. The SMILES string of the molecule is CC1(C)c2cc(-c3ccccc3)ccc2-c2ccc(N(c3ccc4c(c3)oc3ccccc34)c3cccc(-c4ccccc4)c3-c3ccccc3-c3ccccc3)cc21. The van der Waals surface area contributed by atoms with Gasteiger partial charge >= 0.3 is 0 Å². The quantitative estimate of drug-likeness (QED) is 0.161. The molecule has 1 aliphatic rings. The van der Waals surface area contributed by atoms with Gasteiger partial charge < -0.3 is 9.32 Å². The zero-order chi connectivity index (χ0) is 39.5. The van der Waals surface area contributed by atoms with Crippen LogP contribution in [0.15, 0.2) is 217 Å². The molecule has 59 heavy (non-hydrogen) atoms. The number of benzene rings is 9. The van der Waals surface area contributed by atoms with Crippen molar-refractivity contribution in [1.82, 2.24) is 0 Å². The van der Waals surface area contributed by atoms with Crippen LogP contribution in [0, 0.1) is 0 Å². The minimum atomic E-state index is -0.228. The van der Waals surface area contributed by atoms with E-state index in [1.165, 1.54) is 66.8 Å². The number of furan rings is 1. The zero-order valence-electron chi connectivity index (χ0n) is 33.1. The van der Waals surface area contributed by atoms with Crippen molar-refractivity contribution in [2.45, 2.75) is 19.3 Å². The summed E-state index contributed by atoms with van der Waals surface area (Å²) in [5, 5.41) is 2.23. The Kier molecular flexibility index (Phi) is 8.20. The first-order valence-corrected chi connectivity index (χ1v) is 20.4. The molecule has 1 aromatic heterocycles. The number of para-hydroxylation sites is 1. The van der Waals surface area contributed by atoms with E-state index in [0.29, 0.717) is 0 Å². The fourth-order valence-corrected chi connectivity index (χ4v) is 9.39. The van der Waals surface area contributed by atoms with Crippen LogP contribution in [0.5, 0.6) is 0 Å². The standard InChI is InChI=1S/C57H41NO/c1-57(2)51-35-41(38-17-6-3-7-18-38)29-32-46(51)47-33-30-42(36-52(47)57)58(43-31-34-49-48-24-14-15-28-54(48)59-55(49)37-43)53-27-16-26-45(40-21-10-5-11-22-40)56(53)50-25-13-12-23-44(50)39-19-8-4-9-20-39/h3-37H,1-2H3. The Morgan fingerprint density at radius 3 is 1.64 bits per heavy atom. The third-order valence-electron chi connectivity index (χ3n) is 12.3. The van der Waals surface area contributed by atoms with E-state index in [1.807, 2.05) is 6.07 Å². The Balaban J connectivity index is 1.17. The van der Waals surface area contributed by atoms with Crippen LogP contribution in [-0.4, -0.2) is 0 Å². The third kappa shape index (κ3) is 5.79. The highest BCUT2D eigenvalue weighted by Crippen LogP contribution is 2.53. The van der Waals surface area contributed by atoms with Crippen molar-refractivity contribution >= 4 is 39.0 Å². The highest BCUT2D eigenvalue weighted by Gasteiger charge is 2.36. The van der Waals surface area contributed by atoms with E-state index >= 15 is 0 Å². The molecule has 10 aromatic rings. The van der Waals surface area contributed by atoms with E-state index in [0.717, 1.165) is 39.0 Å². The van der Waals surface area contributed by atoms with Crippen molar-refractivity contribution in [3.05, 3.63) is 223 Å². The van der Waals surface area contributed by atoms with E-state index in [-0.39, 0.29) is 5.41 Å². The zero-order valence-corrected chi connectivity index (χ0v) is 33.1. The van der Waals surface area contributed by atoms with Gasteiger partial charge in [0.15, 0.2) is 0 Å². The monoisotopic (exact) mass is 755 g/mol. The predicted molar refractivity (Wildman–Crippen MR) is 248 cm³/mol. The third-order valence-corrected chi connectivity index (χ3v) is 12.3. The minimum Gasteiger partial charge on any atom is -0.456 e. The number of hydrogen-bond acceptors (Lipinski definition) is 2. The first-order chi connectivity index (χ1) is 29.0. The normalized spacial score (nSPS) is 12.7. The molecule has 0 aliphatic heterocycles. The highest BCUT2D eigenvalue weighted by atomic mass is 16.3. The summed E-state index contributed by atoms with van der Waals surface area (Å²) in [5.74, 6) is 0. The summed E-state index contributed by atoms with van der Waals surface area (Å²) < 4.78 is 6.57. The van der Waals surface area contributed by atoms with Gasteiger partial charge in [0.1, 0.15) is 11.2 Å². The molecule has 11 rings (SSSR count). The number of rotatable bonds is 7. The van der Waals surface area contributed by atoms with Crippen LogP contribution < -0.4 is 4.90 Å². The lowest BCUT2D eigenvalue weighted by Gasteiger charge is -2.31. The maximum atomic E-state index is 6.57. The molecule has 280 valence electrons. The van der Waals surface area contributed by atoms with E-state index in [1.54, 1.807) is 0 Å². The van der Waals surface area contributed by atoms with Crippen LogP contribution >= 0.6 is 0 Å². The van der Waals surface area contributed by atoms with Crippen LogP contribution in [-0.2, 0) is 5.41 Å². The summed E-state index contributed by atoms with van der Waals surface area (Å²) in [4.78, 5) is 2.45. The number of anilines is 3. The number of fused-ring (bicyclic) bond motifs is 6. The van der Waals surface area contributed by atoms with Gasteiger partial charge in [0.25, 0.3) is 0 Å². The molecule has 0 atom stereocenters. The van der Waals surface area contributed by atoms with Gasteiger partial charge in [0, 0.05) is 39.2 Å². The van der Waals surface area contributed by atoms with Crippen molar-refractivity contribution in [1.29, 1.82) is 0 Å². The molecule has 1 aliphatic carbocycles. The number of hydrogen-bond donors (Lipinski definition) is 0. The van der Waals surface area contributed by atoms with Gasteiger partial charge in [-0.1, -0.05) is 178 Å². The average molecular weight is 756 g/mol. The lowest BCUT2D eigenvalue weighted by atomic mass is 9.81. The fourth-order valence-electron chi connectivity index (χ4n) is 9.39. The molecule has 0 N–H and O–H groups in total. The molecule has 0 saturated heterocycles. The molecule has 0 spiro atoms. The summed E-state index contributed by atoms with van der Waals surface area (Å²) in [7, 11) is 0. The van der Waals surface area contributed by atoms with Crippen molar-refractivity contribution in [2.75, 3.05) is 4.90 Å². The highest BCUT2D eigenvalue weighted by molar-refractivity contribution is 6.07. The molecule has 0 unspecified atom stereocenters. The first kappa shape index (κ1) is 34.8. The Labute approximate surface area is 345 Å². The van der Waals surface area contributed by atoms with Crippen LogP contribution in [0.4, 0.5) is 17.1 Å². The van der Waals surface area contributed by atoms with Crippen LogP contribution in [0.3, 0.4) is 0 Å². The number of nitrogens with zero attached hydrogens (tertiary/aromatic N) is 1. The second-order valence-electron chi connectivity index (χ2n) is 16.1. The second kappa shape index (κ2) is 13.9. The topological polar surface area (TPSA) is 16.4 Å². The van der Waals surface area contributed by atoms with E-state index in [9.17, 15) is 0 Å². The van der Waals surface area contributed by atoms with E-state index in [2.05, 4.69) is 225 Å².